The zero-order valence-electron chi connectivity index (χ0n) is 8.51. The Labute approximate surface area is 86.9 Å². The molecule has 2 heterocycles. The number of ketones is 1. The summed E-state index contributed by atoms with van der Waals surface area (Å²) in [6.45, 7) is 3.19. The molecule has 0 atom stereocenters. The molecule has 1 aliphatic heterocycles. The number of fused-ring (bicyclic) bond motifs is 1. The number of rotatable bonds is 2. The van der Waals surface area contributed by atoms with E-state index in [1.54, 1.807) is 11.2 Å². The van der Waals surface area contributed by atoms with Crippen molar-refractivity contribution in [3.63, 3.8) is 0 Å². The van der Waals surface area contributed by atoms with Crippen molar-refractivity contribution in [3.05, 3.63) is 12.2 Å². The largest absolute Gasteiger partial charge is 0.333 e. The first-order chi connectivity index (χ1) is 7.16. The highest BCUT2D eigenvalue weighted by Crippen LogP contribution is 2.10. The van der Waals surface area contributed by atoms with Crippen molar-refractivity contribution in [2.75, 3.05) is 6.54 Å². The molecule has 6 nitrogen and oxygen atoms in total. The molecule has 1 amide bonds. The molecule has 0 saturated heterocycles. The van der Waals surface area contributed by atoms with Gasteiger partial charge >= 0.3 is 0 Å². The zero-order chi connectivity index (χ0) is 10.8. The van der Waals surface area contributed by atoms with Gasteiger partial charge in [0.25, 0.3) is 0 Å². The van der Waals surface area contributed by atoms with Crippen LogP contribution in [0, 0.1) is 0 Å². The minimum atomic E-state index is -0.128. The molecule has 0 aliphatic carbocycles. The van der Waals surface area contributed by atoms with Crippen LogP contribution in [0.2, 0.25) is 0 Å². The summed E-state index contributed by atoms with van der Waals surface area (Å²) in [5, 5.41) is 7.67. The molecule has 0 spiro atoms. The van der Waals surface area contributed by atoms with Crippen LogP contribution in [-0.4, -0.2) is 37.9 Å². The SMILES string of the molecule is CC(=O)CC(=O)N1CCn2cnnc2C1. The van der Waals surface area contributed by atoms with Gasteiger partial charge in [0.1, 0.15) is 12.1 Å². The molecule has 0 unspecified atom stereocenters. The smallest absolute Gasteiger partial charge is 0.230 e. The lowest BCUT2D eigenvalue weighted by Gasteiger charge is -2.26. The number of hydrogen-bond acceptors (Lipinski definition) is 4. The fourth-order valence-electron chi connectivity index (χ4n) is 1.60. The maximum absolute atomic E-state index is 11.6. The number of amides is 1. The molecule has 2 rings (SSSR count). The summed E-state index contributed by atoms with van der Waals surface area (Å²) in [6.07, 6.45) is 1.64. The van der Waals surface area contributed by atoms with Crippen LogP contribution in [-0.2, 0) is 22.7 Å². The maximum Gasteiger partial charge on any atom is 0.230 e. The lowest BCUT2D eigenvalue weighted by atomic mass is 10.2. The van der Waals surface area contributed by atoms with Crippen LogP contribution in [0.15, 0.2) is 6.33 Å². The Bertz CT molecular complexity index is 399. The predicted octanol–water partition coefficient (Wildman–Crippen LogP) is -0.401. The normalized spacial score (nSPS) is 14.9. The van der Waals surface area contributed by atoms with Gasteiger partial charge in [0.05, 0.1) is 13.0 Å². The lowest BCUT2D eigenvalue weighted by Crippen LogP contribution is -2.38. The van der Waals surface area contributed by atoms with Gasteiger partial charge in [-0.3, -0.25) is 9.59 Å². The molecular formula is C9H12N4O2. The van der Waals surface area contributed by atoms with Crippen molar-refractivity contribution in [1.82, 2.24) is 19.7 Å². The maximum atomic E-state index is 11.6. The topological polar surface area (TPSA) is 68.1 Å². The molecule has 80 valence electrons. The summed E-state index contributed by atoms with van der Waals surface area (Å²) in [7, 11) is 0. The van der Waals surface area contributed by atoms with Crippen molar-refractivity contribution < 1.29 is 9.59 Å². The van der Waals surface area contributed by atoms with Gasteiger partial charge in [-0.15, -0.1) is 10.2 Å². The minimum Gasteiger partial charge on any atom is -0.333 e. The van der Waals surface area contributed by atoms with Crippen LogP contribution in [0.3, 0.4) is 0 Å². The Morgan fingerprint density at radius 3 is 3.00 bits per heavy atom. The Balaban J connectivity index is 2.03. The van der Waals surface area contributed by atoms with Gasteiger partial charge in [0, 0.05) is 13.1 Å². The molecule has 1 aromatic heterocycles. The number of Topliss-reactive ketones (excluding diaryl/α,β-unsaturated/α-hetero) is 1. The average Bonchev–Trinajstić information content (AvgIpc) is 2.62. The monoisotopic (exact) mass is 208 g/mol. The van der Waals surface area contributed by atoms with Crippen LogP contribution < -0.4 is 0 Å². The molecule has 6 heteroatoms. The minimum absolute atomic E-state index is 0.0197. The first-order valence-corrected chi connectivity index (χ1v) is 4.80. The second-order valence-corrected chi connectivity index (χ2v) is 3.63. The van der Waals surface area contributed by atoms with E-state index < -0.39 is 0 Å². The highest BCUT2D eigenvalue weighted by molar-refractivity contribution is 5.96. The number of hydrogen-bond donors (Lipinski definition) is 0. The standard InChI is InChI=1S/C9H12N4O2/c1-7(14)4-9(15)12-2-3-13-6-10-11-8(13)5-12/h6H,2-5H2,1H3. The molecule has 0 aromatic carbocycles. The van der Waals surface area contributed by atoms with E-state index in [-0.39, 0.29) is 18.1 Å². The second-order valence-electron chi connectivity index (χ2n) is 3.63. The molecule has 0 fully saturated rings. The summed E-state index contributed by atoms with van der Waals surface area (Å²) >= 11 is 0. The summed E-state index contributed by atoms with van der Waals surface area (Å²) in [5.41, 5.74) is 0. The molecule has 1 aromatic rings. The van der Waals surface area contributed by atoms with Crippen LogP contribution >= 0.6 is 0 Å². The Hall–Kier alpha value is -1.72. The third-order valence-electron chi connectivity index (χ3n) is 2.39. The van der Waals surface area contributed by atoms with E-state index >= 15 is 0 Å². The van der Waals surface area contributed by atoms with Gasteiger partial charge in [-0.05, 0) is 6.92 Å². The zero-order valence-corrected chi connectivity index (χ0v) is 8.51. The van der Waals surface area contributed by atoms with Crippen molar-refractivity contribution in [1.29, 1.82) is 0 Å². The van der Waals surface area contributed by atoms with Crippen LogP contribution in [0.1, 0.15) is 19.2 Å². The van der Waals surface area contributed by atoms with Gasteiger partial charge in [-0.1, -0.05) is 0 Å². The van der Waals surface area contributed by atoms with E-state index in [4.69, 9.17) is 0 Å². The van der Waals surface area contributed by atoms with Gasteiger partial charge in [-0.2, -0.15) is 0 Å². The lowest BCUT2D eigenvalue weighted by molar-refractivity contribution is -0.136. The van der Waals surface area contributed by atoms with Gasteiger partial charge in [0.15, 0.2) is 5.82 Å². The molecular weight excluding hydrogens is 196 g/mol. The average molecular weight is 208 g/mol. The number of carbonyl (C=O) groups excluding carboxylic acids is 2. The van der Waals surface area contributed by atoms with Crippen molar-refractivity contribution >= 4 is 11.7 Å². The van der Waals surface area contributed by atoms with E-state index in [2.05, 4.69) is 10.2 Å². The van der Waals surface area contributed by atoms with Gasteiger partial charge in [0.2, 0.25) is 5.91 Å². The van der Waals surface area contributed by atoms with E-state index in [9.17, 15) is 9.59 Å². The number of aromatic nitrogens is 3. The van der Waals surface area contributed by atoms with E-state index in [0.29, 0.717) is 19.6 Å². The third-order valence-corrected chi connectivity index (χ3v) is 2.39. The van der Waals surface area contributed by atoms with E-state index in [0.717, 1.165) is 5.82 Å². The predicted molar refractivity (Wildman–Crippen MR) is 50.7 cm³/mol. The summed E-state index contributed by atoms with van der Waals surface area (Å²) in [5.74, 6) is 0.543. The quantitative estimate of drug-likeness (QED) is 0.620. The second kappa shape index (κ2) is 3.80. The highest BCUT2D eigenvalue weighted by atomic mass is 16.2. The Morgan fingerprint density at radius 1 is 1.47 bits per heavy atom. The van der Waals surface area contributed by atoms with E-state index in [1.165, 1.54) is 6.92 Å². The molecule has 0 bridgehead atoms. The fraction of sp³-hybridized carbons (Fsp3) is 0.556. The van der Waals surface area contributed by atoms with Gasteiger partial charge in [-0.25, -0.2) is 0 Å². The Morgan fingerprint density at radius 2 is 2.27 bits per heavy atom. The van der Waals surface area contributed by atoms with E-state index in [1.807, 2.05) is 4.57 Å². The molecule has 0 radical (unpaired) electrons. The van der Waals surface area contributed by atoms with Crippen LogP contribution in [0.25, 0.3) is 0 Å². The molecule has 15 heavy (non-hydrogen) atoms. The van der Waals surface area contributed by atoms with Crippen molar-refractivity contribution in [2.24, 2.45) is 0 Å². The van der Waals surface area contributed by atoms with Crippen LogP contribution in [0.4, 0.5) is 0 Å². The van der Waals surface area contributed by atoms with Crippen molar-refractivity contribution in [2.45, 2.75) is 26.4 Å². The fourth-order valence-corrected chi connectivity index (χ4v) is 1.60. The first kappa shape index (κ1) is 9.82. The number of carbonyl (C=O) groups is 2. The van der Waals surface area contributed by atoms with Crippen molar-refractivity contribution in [3.8, 4) is 0 Å². The summed E-state index contributed by atoms with van der Waals surface area (Å²) in [6, 6.07) is 0. The molecule has 1 aliphatic rings. The third kappa shape index (κ3) is 2.03. The summed E-state index contributed by atoms with van der Waals surface area (Å²) < 4.78 is 1.91. The van der Waals surface area contributed by atoms with Gasteiger partial charge < -0.3 is 9.47 Å². The molecule has 0 saturated carbocycles. The summed E-state index contributed by atoms with van der Waals surface area (Å²) in [4.78, 5) is 24.0. The first-order valence-electron chi connectivity index (χ1n) is 4.80. The Kier molecular flexibility index (Phi) is 2.49. The number of nitrogens with zero attached hydrogens (tertiary/aromatic N) is 4. The highest BCUT2D eigenvalue weighted by Gasteiger charge is 2.22. The molecule has 0 N–H and O–H groups in total. The van der Waals surface area contributed by atoms with Crippen LogP contribution in [0.5, 0.6) is 0 Å².